The number of aryl methyl sites for hydroxylation is 2. The van der Waals surface area contributed by atoms with Gasteiger partial charge in [-0.1, -0.05) is 20.8 Å². The first-order valence-electron chi connectivity index (χ1n) is 5.96. The number of nitrogens with zero attached hydrogens (tertiary/aromatic N) is 1. The summed E-state index contributed by atoms with van der Waals surface area (Å²) in [5, 5.41) is 0. The Kier molecular flexibility index (Phi) is 3.95. The predicted octanol–water partition coefficient (Wildman–Crippen LogP) is 3.06. The van der Waals surface area contributed by atoms with Gasteiger partial charge in [-0.3, -0.25) is 4.79 Å². The predicted molar refractivity (Wildman–Crippen MR) is 68.8 cm³/mol. The number of hydrogen-bond donors (Lipinski definition) is 0. The minimum absolute atomic E-state index is 0.103. The Hall–Kier alpha value is -1.05. The van der Waals surface area contributed by atoms with E-state index in [1.165, 1.54) is 6.42 Å². The quantitative estimate of drug-likeness (QED) is 0.769. The molecule has 90 valence electrons. The van der Waals surface area contributed by atoms with Crippen molar-refractivity contribution >= 4 is 0 Å². The normalized spacial score (nSPS) is 11.8. The van der Waals surface area contributed by atoms with Crippen LogP contribution < -0.4 is 5.56 Å². The molecule has 0 radical (unpaired) electrons. The van der Waals surface area contributed by atoms with Crippen molar-refractivity contribution in [3.05, 3.63) is 33.7 Å². The number of hydrogen-bond acceptors (Lipinski definition) is 1. The summed E-state index contributed by atoms with van der Waals surface area (Å²) in [5.74, 6) is 0. The van der Waals surface area contributed by atoms with Gasteiger partial charge in [-0.05, 0) is 43.2 Å². The topological polar surface area (TPSA) is 22.0 Å². The Morgan fingerprint density at radius 1 is 1.25 bits per heavy atom. The highest BCUT2D eigenvalue weighted by Crippen LogP contribution is 2.21. The maximum absolute atomic E-state index is 11.6. The summed E-state index contributed by atoms with van der Waals surface area (Å²) in [7, 11) is 1.86. The minimum atomic E-state index is 0.103. The second-order valence-electron chi connectivity index (χ2n) is 5.84. The van der Waals surface area contributed by atoms with E-state index in [0.717, 1.165) is 24.1 Å². The van der Waals surface area contributed by atoms with E-state index < -0.39 is 0 Å². The van der Waals surface area contributed by atoms with Crippen LogP contribution in [0.5, 0.6) is 0 Å². The van der Waals surface area contributed by atoms with E-state index in [0.29, 0.717) is 5.41 Å². The highest BCUT2D eigenvalue weighted by Gasteiger charge is 2.10. The van der Waals surface area contributed by atoms with Crippen molar-refractivity contribution in [1.82, 2.24) is 4.57 Å². The Labute approximate surface area is 98.3 Å². The molecule has 0 aliphatic heterocycles. The molecule has 0 saturated heterocycles. The first-order valence-corrected chi connectivity index (χ1v) is 5.96. The van der Waals surface area contributed by atoms with E-state index in [1.807, 2.05) is 14.0 Å². The van der Waals surface area contributed by atoms with Gasteiger partial charge in [0.2, 0.25) is 0 Å². The fourth-order valence-electron chi connectivity index (χ4n) is 1.87. The lowest BCUT2D eigenvalue weighted by Crippen LogP contribution is -2.20. The van der Waals surface area contributed by atoms with Crippen molar-refractivity contribution in [2.24, 2.45) is 12.5 Å². The zero-order chi connectivity index (χ0) is 12.3. The van der Waals surface area contributed by atoms with Gasteiger partial charge >= 0.3 is 0 Å². The average Bonchev–Trinajstić information content (AvgIpc) is 2.11. The summed E-state index contributed by atoms with van der Waals surface area (Å²) in [6.07, 6.45) is 3.32. The Balaban J connectivity index is 2.71. The Bertz CT molecular complexity index is 410. The molecule has 0 unspecified atom stereocenters. The molecule has 0 aliphatic carbocycles. The van der Waals surface area contributed by atoms with Crippen LogP contribution in [-0.4, -0.2) is 4.57 Å². The number of rotatable bonds is 3. The SMILES string of the molecule is Cc1cc(CCCC(C)(C)C)n(C)c(=O)c1. The fraction of sp³-hybridized carbons (Fsp3) is 0.643. The van der Waals surface area contributed by atoms with Crippen molar-refractivity contribution in [2.45, 2.75) is 47.0 Å². The molecule has 1 aromatic heterocycles. The molecule has 1 aromatic rings. The minimum Gasteiger partial charge on any atom is -0.316 e. The smallest absolute Gasteiger partial charge is 0.250 e. The summed E-state index contributed by atoms with van der Waals surface area (Å²) in [6, 6.07) is 3.80. The molecule has 2 nitrogen and oxygen atoms in total. The molecule has 1 rings (SSSR count). The van der Waals surface area contributed by atoms with Crippen molar-refractivity contribution in [1.29, 1.82) is 0 Å². The van der Waals surface area contributed by atoms with Crippen LogP contribution in [0.2, 0.25) is 0 Å². The molecule has 0 aliphatic rings. The molecule has 1 heterocycles. The lowest BCUT2D eigenvalue weighted by atomic mass is 9.89. The molecule has 0 bridgehead atoms. The Morgan fingerprint density at radius 3 is 2.44 bits per heavy atom. The summed E-state index contributed by atoms with van der Waals surface area (Å²) >= 11 is 0. The standard InChI is InChI=1S/C14H23NO/c1-11-9-12(15(5)13(16)10-11)7-6-8-14(2,3)4/h9-10H,6-8H2,1-5H3. The van der Waals surface area contributed by atoms with Gasteiger partial charge in [-0.15, -0.1) is 0 Å². The van der Waals surface area contributed by atoms with Gasteiger partial charge < -0.3 is 4.57 Å². The third kappa shape index (κ3) is 3.84. The molecule has 0 saturated carbocycles. The van der Waals surface area contributed by atoms with Crippen molar-refractivity contribution in [3.8, 4) is 0 Å². The monoisotopic (exact) mass is 221 g/mol. The van der Waals surface area contributed by atoms with E-state index in [9.17, 15) is 4.79 Å². The number of aromatic nitrogens is 1. The maximum Gasteiger partial charge on any atom is 0.250 e. The maximum atomic E-state index is 11.6. The molecule has 0 aromatic carbocycles. The summed E-state index contributed by atoms with van der Waals surface area (Å²) in [4.78, 5) is 11.6. The Morgan fingerprint density at radius 2 is 1.88 bits per heavy atom. The van der Waals surface area contributed by atoms with Crippen LogP contribution >= 0.6 is 0 Å². The highest BCUT2D eigenvalue weighted by atomic mass is 16.1. The average molecular weight is 221 g/mol. The molecule has 0 spiro atoms. The highest BCUT2D eigenvalue weighted by molar-refractivity contribution is 5.16. The van der Waals surface area contributed by atoms with Gasteiger partial charge in [0.15, 0.2) is 0 Å². The van der Waals surface area contributed by atoms with Crippen LogP contribution in [0.15, 0.2) is 16.9 Å². The van der Waals surface area contributed by atoms with Crippen LogP contribution in [0.1, 0.15) is 44.9 Å². The van der Waals surface area contributed by atoms with E-state index in [1.54, 1.807) is 10.6 Å². The van der Waals surface area contributed by atoms with E-state index >= 15 is 0 Å². The van der Waals surface area contributed by atoms with Gasteiger partial charge in [0.25, 0.3) is 5.56 Å². The van der Waals surface area contributed by atoms with Crippen LogP contribution in [0.4, 0.5) is 0 Å². The van der Waals surface area contributed by atoms with Gasteiger partial charge in [-0.25, -0.2) is 0 Å². The molecule has 0 N–H and O–H groups in total. The van der Waals surface area contributed by atoms with Crippen LogP contribution in [0.25, 0.3) is 0 Å². The zero-order valence-electron chi connectivity index (χ0n) is 11.1. The van der Waals surface area contributed by atoms with Crippen molar-refractivity contribution in [3.63, 3.8) is 0 Å². The first kappa shape index (κ1) is 13.0. The van der Waals surface area contributed by atoms with Gasteiger partial charge in [0.05, 0.1) is 0 Å². The second-order valence-corrected chi connectivity index (χ2v) is 5.84. The molecule has 0 fully saturated rings. The second kappa shape index (κ2) is 4.86. The van der Waals surface area contributed by atoms with Gasteiger partial charge in [0, 0.05) is 18.8 Å². The third-order valence-electron chi connectivity index (χ3n) is 2.87. The van der Waals surface area contributed by atoms with E-state index in [2.05, 4.69) is 26.8 Å². The van der Waals surface area contributed by atoms with E-state index in [4.69, 9.17) is 0 Å². The molecule has 2 heteroatoms. The van der Waals surface area contributed by atoms with Crippen LogP contribution in [-0.2, 0) is 13.5 Å². The summed E-state index contributed by atoms with van der Waals surface area (Å²) in [6.45, 7) is 8.74. The lowest BCUT2D eigenvalue weighted by molar-refractivity contribution is 0.364. The van der Waals surface area contributed by atoms with Crippen LogP contribution in [0.3, 0.4) is 0 Å². The third-order valence-corrected chi connectivity index (χ3v) is 2.87. The number of pyridine rings is 1. The molecule has 0 atom stereocenters. The van der Waals surface area contributed by atoms with Gasteiger partial charge in [-0.2, -0.15) is 0 Å². The van der Waals surface area contributed by atoms with Gasteiger partial charge in [0.1, 0.15) is 0 Å². The summed E-state index contributed by atoms with van der Waals surface area (Å²) in [5.41, 5.74) is 2.69. The van der Waals surface area contributed by atoms with Crippen molar-refractivity contribution in [2.75, 3.05) is 0 Å². The zero-order valence-corrected chi connectivity index (χ0v) is 11.1. The fourth-order valence-corrected chi connectivity index (χ4v) is 1.87. The molecule has 16 heavy (non-hydrogen) atoms. The van der Waals surface area contributed by atoms with Crippen LogP contribution in [0, 0.1) is 12.3 Å². The molecular weight excluding hydrogens is 198 g/mol. The largest absolute Gasteiger partial charge is 0.316 e. The molecule has 0 amide bonds. The van der Waals surface area contributed by atoms with E-state index in [-0.39, 0.29) is 5.56 Å². The lowest BCUT2D eigenvalue weighted by Gasteiger charge is -2.18. The first-order chi connectivity index (χ1) is 7.29. The molecular formula is C14H23NO. The van der Waals surface area contributed by atoms with Crippen molar-refractivity contribution < 1.29 is 0 Å². The summed E-state index contributed by atoms with van der Waals surface area (Å²) < 4.78 is 1.76.